The van der Waals surface area contributed by atoms with Crippen molar-refractivity contribution in [2.45, 2.75) is 38.8 Å². The number of likely N-dealkylation sites (tertiary alicyclic amines) is 1. The molecule has 0 amide bonds. The Labute approximate surface area is 214 Å². The van der Waals surface area contributed by atoms with E-state index in [2.05, 4.69) is 9.88 Å². The third-order valence-electron chi connectivity index (χ3n) is 7.43. The van der Waals surface area contributed by atoms with Gasteiger partial charge in [0.05, 0.1) is 12.6 Å². The van der Waals surface area contributed by atoms with Crippen LogP contribution < -0.4 is 9.47 Å². The minimum absolute atomic E-state index is 0.0377. The van der Waals surface area contributed by atoms with Crippen LogP contribution in [0.25, 0.3) is 10.9 Å². The molecule has 2 aromatic carbocycles. The second kappa shape index (κ2) is 11.6. The lowest BCUT2D eigenvalue weighted by Gasteiger charge is -2.41. The number of methoxy groups -OCH3 is 1. The molecule has 1 saturated heterocycles. The predicted molar refractivity (Wildman–Crippen MR) is 133 cm³/mol. The van der Waals surface area contributed by atoms with Gasteiger partial charge in [0.25, 0.3) is 0 Å². The minimum atomic E-state index is -1.21. The molecule has 1 N–H and O–H groups in total. The number of halogens is 4. The standard InChI is InChI=1S/C28H32F4N2O3/c1-18-16-33-25-4-3-20(36-2)15-21(25)26(18)22(30)5-6-28(17-35)7-9-34(10-8-28)11-12-37-27-23(31)13-19(29)14-24(27)32/h3-4,13-16,22,35H,5-12,17H2,1-2H3. The van der Waals surface area contributed by atoms with Crippen LogP contribution in [0.15, 0.2) is 36.5 Å². The summed E-state index contributed by atoms with van der Waals surface area (Å²) in [5.41, 5.74) is 1.68. The summed E-state index contributed by atoms with van der Waals surface area (Å²) in [5, 5.41) is 10.9. The Morgan fingerprint density at radius 2 is 1.81 bits per heavy atom. The molecule has 37 heavy (non-hydrogen) atoms. The van der Waals surface area contributed by atoms with Crippen LogP contribution in [-0.4, -0.2) is 54.9 Å². The highest BCUT2D eigenvalue weighted by Crippen LogP contribution is 2.41. The van der Waals surface area contributed by atoms with Crippen molar-refractivity contribution < 1.29 is 32.1 Å². The van der Waals surface area contributed by atoms with Crippen LogP contribution in [-0.2, 0) is 0 Å². The maximum absolute atomic E-state index is 15.7. The van der Waals surface area contributed by atoms with Gasteiger partial charge in [-0.2, -0.15) is 0 Å². The van der Waals surface area contributed by atoms with Gasteiger partial charge in [0, 0.05) is 36.9 Å². The lowest BCUT2D eigenvalue weighted by atomic mass is 9.74. The Bertz CT molecular complexity index is 1210. The molecule has 4 rings (SSSR count). The van der Waals surface area contributed by atoms with E-state index in [0.29, 0.717) is 67.9 Å². The Balaban J connectivity index is 1.33. The van der Waals surface area contributed by atoms with Crippen LogP contribution in [0.5, 0.6) is 11.5 Å². The molecule has 1 fully saturated rings. The molecule has 0 bridgehead atoms. The van der Waals surface area contributed by atoms with Crippen LogP contribution in [0.4, 0.5) is 17.6 Å². The number of alkyl halides is 1. The summed E-state index contributed by atoms with van der Waals surface area (Å²) in [4.78, 5) is 6.48. The van der Waals surface area contributed by atoms with Crippen LogP contribution in [0, 0.1) is 29.8 Å². The fourth-order valence-electron chi connectivity index (χ4n) is 5.09. The normalized spacial score (nSPS) is 16.6. The molecule has 0 spiro atoms. The average Bonchev–Trinajstić information content (AvgIpc) is 2.89. The van der Waals surface area contributed by atoms with Crippen molar-refractivity contribution in [2.24, 2.45) is 5.41 Å². The van der Waals surface area contributed by atoms with Crippen molar-refractivity contribution in [3.63, 3.8) is 0 Å². The van der Waals surface area contributed by atoms with Crippen molar-refractivity contribution in [2.75, 3.05) is 40.0 Å². The first-order valence-electron chi connectivity index (χ1n) is 12.4. The molecule has 1 aliphatic heterocycles. The van der Waals surface area contributed by atoms with E-state index in [-0.39, 0.29) is 19.6 Å². The van der Waals surface area contributed by atoms with E-state index in [0.717, 1.165) is 10.9 Å². The van der Waals surface area contributed by atoms with Crippen LogP contribution in [0.3, 0.4) is 0 Å². The number of hydrogen-bond donors (Lipinski definition) is 1. The Morgan fingerprint density at radius 3 is 2.46 bits per heavy atom. The summed E-state index contributed by atoms with van der Waals surface area (Å²) < 4.78 is 66.8. The molecular formula is C28H32F4N2O3. The summed E-state index contributed by atoms with van der Waals surface area (Å²) in [6.45, 7) is 3.55. The lowest BCUT2D eigenvalue weighted by molar-refractivity contribution is 0.0263. The zero-order valence-corrected chi connectivity index (χ0v) is 21.1. The number of aliphatic hydroxyl groups excluding tert-OH is 1. The zero-order chi connectivity index (χ0) is 26.6. The summed E-state index contributed by atoms with van der Waals surface area (Å²) in [5.74, 6) is -3.10. The Hall–Kier alpha value is -2.91. The van der Waals surface area contributed by atoms with E-state index in [1.54, 1.807) is 19.4 Å². The zero-order valence-electron chi connectivity index (χ0n) is 21.1. The number of nitrogens with zero attached hydrogens (tertiary/aromatic N) is 2. The number of benzene rings is 2. The highest BCUT2D eigenvalue weighted by atomic mass is 19.1. The number of piperidine rings is 1. The number of hydrogen-bond acceptors (Lipinski definition) is 5. The number of aromatic nitrogens is 1. The van der Waals surface area contributed by atoms with E-state index >= 15 is 4.39 Å². The number of pyridine rings is 1. The lowest BCUT2D eigenvalue weighted by Crippen LogP contribution is -2.43. The molecule has 9 heteroatoms. The smallest absolute Gasteiger partial charge is 0.190 e. The minimum Gasteiger partial charge on any atom is -0.497 e. The van der Waals surface area contributed by atoms with Gasteiger partial charge in [0.2, 0.25) is 0 Å². The van der Waals surface area contributed by atoms with Gasteiger partial charge in [-0.3, -0.25) is 9.88 Å². The average molecular weight is 521 g/mol. The number of aliphatic hydroxyl groups is 1. The van der Waals surface area contributed by atoms with Gasteiger partial charge in [0.15, 0.2) is 17.4 Å². The molecule has 1 unspecified atom stereocenters. The van der Waals surface area contributed by atoms with Gasteiger partial charge in [-0.15, -0.1) is 0 Å². The largest absolute Gasteiger partial charge is 0.497 e. The van der Waals surface area contributed by atoms with Crippen molar-refractivity contribution in [3.05, 3.63) is 65.1 Å². The Kier molecular flexibility index (Phi) is 8.54. The van der Waals surface area contributed by atoms with Gasteiger partial charge >= 0.3 is 0 Å². The predicted octanol–water partition coefficient (Wildman–Crippen LogP) is 5.91. The molecule has 1 aromatic heterocycles. The van der Waals surface area contributed by atoms with Crippen LogP contribution in [0.1, 0.15) is 43.0 Å². The first kappa shape index (κ1) is 27.1. The molecule has 5 nitrogen and oxygen atoms in total. The second-order valence-electron chi connectivity index (χ2n) is 9.79. The van der Waals surface area contributed by atoms with Crippen molar-refractivity contribution in [3.8, 4) is 11.5 Å². The molecule has 0 radical (unpaired) electrons. The van der Waals surface area contributed by atoms with Gasteiger partial charge in [-0.1, -0.05) is 0 Å². The SMILES string of the molecule is COc1ccc2ncc(C)c(C(F)CCC3(CO)CCN(CCOc4c(F)cc(F)cc4F)CC3)c2c1. The summed E-state index contributed by atoms with van der Waals surface area (Å²) in [6.07, 6.45) is 2.59. The van der Waals surface area contributed by atoms with Gasteiger partial charge in [-0.25, -0.2) is 17.6 Å². The molecule has 1 atom stereocenters. The molecule has 3 aromatic rings. The molecule has 0 saturated carbocycles. The fourth-order valence-corrected chi connectivity index (χ4v) is 5.09. The number of aryl methyl sites for hydroxylation is 1. The maximum Gasteiger partial charge on any atom is 0.190 e. The third-order valence-corrected chi connectivity index (χ3v) is 7.43. The number of ether oxygens (including phenoxy) is 2. The number of rotatable bonds is 10. The van der Waals surface area contributed by atoms with E-state index in [4.69, 9.17) is 9.47 Å². The van der Waals surface area contributed by atoms with E-state index in [9.17, 15) is 18.3 Å². The Morgan fingerprint density at radius 1 is 1.11 bits per heavy atom. The van der Waals surface area contributed by atoms with Gasteiger partial charge in [0.1, 0.15) is 24.3 Å². The summed E-state index contributed by atoms with van der Waals surface area (Å²) in [6, 6.07) is 6.59. The third kappa shape index (κ3) is 6.15. The fraction of sp³-hybridized carbons (Fsp3) is 0.464. The highest BCUT2D eigenvalue weighted by Gasteiger charge is 2.35. The number of fused-ring (bicyclic) bond motifs is 1. The molecule has 1 aliphatic rings. The van der Waals surface area contributed by atoms with Crippen molar-refractivity contribution in [1.29, 1.82) is 0 Å². The molecule has 200 valence electrons. The van der Waals surface area contributed by atoms with E-state index < -0.39 is 34.8 Å². The maximum atomic E-state index is 15.7. The van der Waals surface area contributed by atoms with E-state index in [1.807, 2.05) is 19.1 Å². The monoisotopic (exact) mass is 520 g/mol. The first-order valence-corrected chi connectivity index (χ1v) is 12.4. The topological polar surface area (TPSA) is 54.8 Å². The summed E-state index contributed by atoms with van der Waals surface area (Å²) in [7, 11) is 1.57. The summed E-state index contributed by atoms with van der Waals surface area (Å²) >= 11 is 0. The van der Waals surface area contributed by atoms with Gasteiger partial charge in [-0.05, 0) is 80.4 Å². The first-order chi connectivity index (χ1) is 17.7. The highest BCUT2D eigenvalue weighted by molar-refractivity contribution is 5.84. The van der Waals surface area contributed by atoms with Crippen LogP contribution in [0.2, 0.25) is 0 Å². The second-order valence-corrected chi connectivity index (χ2v) is 9.79. The van der Waals surface area contributed by atoms with Gasteiger partial charge < -0.3 is 14.6 Å². The molecule has 0 aliphatic carbocycles. The molecule has 2 heterocycles. The quantitative estimate of drug-likeness (QED) is 0.337. The van der Waals surface area contributed by atoms with Crippen molar-refractivity contribution >= 4 is 10.9 Å². The van der Waals surface area contributed by atoms with Crippen LogP contribution >= 0.6 is 0 Å². The van der Waals surface area contributed by atoms with Crippen molar-refractivity contribution in [1.82, 2.24) is 9.88 Å². The molecular weight excluding hydrogens is 488 g/mol. The van der Waals surface area contributed by atoms with E-state index in [1.165, 1.54) is 0 Å².